The van der Waals surface area contributed by atoms with E-state index in [1.807, 2.05) is 12.1 Å². The summed E-state index contributed by atoms with van der Waals surface area (Å²) in [6.07, 6.45) is 2.24. The third kappa shape index (κ3) is 31.1. The second kappa shape index (κ2) is 36.7. The minimum atomic E-state index is -3.78. The van der Waals surface area contributed by atoms with Crippen molar-refractivity contribution >= 4 is 62.3 Å². The lowest BCUT2D eigenvalue weighted by molar-refractivity contribution is 0.0380. The number of benzene rings is 2. The van der Waals surface area contributed by atoms with Gasteiger partial charge in [0, 0.05) is 99.4 Å². The maximum Gasteiger partial charge on any atom is 0.264 e. The second-order valence-corrected chi connectivity index (χ2v) is 25.9. The monoisotopic (exact) mass is 1190 g/mol. The Morgan fingerprint density at radius 1 is 0.520 bits per heavy atom. The van der Waals surface area contributed by atoms with Crippen LogP contribution in [0.1, 0.15) is 36.8 Å². The molecule has 4 heterocycles. The van der Waals surface area contributed by atoms with Crippen LogP contribution in [0, 0.1) is 0 Å². The summed E-state index contributed by atoms with van der Waals surface area (Å²) in [7, 11) is -2.61. The van der Waals surface area contributed by atoms with Crippen molar-refractivity contribution in [3.05, 3.63) is 47.5 Å². The largest absolute Gasteiger partial charge is 0.497 e. The number of hydrogen-bond donors (Lipinski definition) is 2. The molecule has 0 amide bonds. The van der Waals surface area contributed by atoms with Crippen molar-refractivity contribution in [1.29, 1.82) is 0 Å². The summed E-state index contributed by atoms with van der Waals surface area (Å²) in [5.74, 6) is 2.45. The van der Waals surface area contributed by atoms with Crippen molar-refractivity contribution in [2.45, 2.75) is 38.8 Å². The number of hydrogen-bond acceptors (Lipinski definition) is 20. The van der Waals surface area contributed by atoms with E-state index in [4.69, 9.17) is 58.3 Å². The molecule has 4 fully saturated rings. The molecule has 75 heavy (non-hydrogen) atoms. The number of sulfonamides is 2. The number of rotatable bonds is 25. The number of morpholine rings is 4. The normalized spacial score (nSPS) is 17.4. The minimum Gasteiger partial charge on any atom is -0.497 e. The van der Waals surface area contributed by atoms with Gasteiger partial charge >= 0.3 is 0 Å². The quantitative estimate of drug-likeness (QED) is 0.106. The zero-order chi connectivity index (χ0) is 54.5. The summed E-state index contributed by atoms with van der Waals surface area (Å²) >= 11 is 0. The molecule has 0 aliphatic carbocycles. The lowest BCUT2D eigenvalue weighted by atomic mass is 10.1. The van der Waals surface area contributed by atoms with Crippen LogP contribution in [0.25, 0.3) is 0 Å². The SMILES string of the molecule is COc1ccc(CN(Cc2ccc(OC)cc2OC)S(=O)(=O)CCCN2CCOCC2)c(OC)c1.Cl.NS(=O)(=O)CCCN1CCOCC1.O=S(=O)(Cl)CCCN1CCOCC1.O=S(=O)(O)CCCN1CCOCC1. The van der Waals surface area contributed by atoms with E-state index in [1.54, 1.807) is 52.7 Å². The van der Waals surface area contributed by atoms with Gasteiger partial charge in [-0.1, -0.05) is 12.1 Å². The van der Waals surface area contributed by atoms with E-state index in [0.29, 0.717) is 88.2 Å². The van der Waals surface area contributed by atoms with Crippen molar-refractivity contribution < 1.29 is 76.1 Å². The standard InChI is InChI=1S/C25H36N2O7S.C7H14ClNO3S.C7H16N2O3S.C7H15NO4S.ClH/c1-30-22-8-6-20(24(16-22)32-3)18-27(19-21-7-9-23(31-2)17-25(21)33-4)35(28,29)15-5-10-26-11-13-34-14-12-26;2*8-13(10,11)7-1-2-9-3-5-12-6-4-9;9-13(10,11)7-1-2-8-3-5-12-6-4-8;/h6-9,16-17H,5,10-15,18-19H2,1-4H3;1-7H2;1-7H2,(H2,8,10,11);1-7H2,(H,9,10,11);1H. The number of halogens is 2. The van der Waals surface area contributed by atoms with E-state index in [2.05, 4.69) is 19.6 Å². The van der Waals surface area contributed by atoms with Gasteiger partial charge in [0.25, 0.3) is 10.1 Å². The molecule has 2 aromatic carbocycles. The molecular formula is C46H82Cl2N6O17S4. The van der Waals surface area contributed by atoms with Gasteiger partial charge in [-0.25, -0.2) is 30.4 Å². The first kappa shape index (κ1) is 68.7. The van der Waals surface area contributed by atoms with Gasteiger partial charge in [-0.05, 0) is 64.0 Å². The molecule has 23 nitrogen and oxygen atoms in total. The van der Waals surface area contributed by atoms with Crippen molar-refractivity contribution in [1.82, 2.24) is 23.9 Å². The lowest BCUT2D eigenvalue weighted by Gasteiger charge is -2.27. The van der Waals surface area contributed by atoms with Gasteiger partial charge in [0.15, 0.2) is 0 Å². The summed E-state index contributed by atoms with van der Waals surface area (Å²) in [6.45, 7) is 16.0. The van der Waals surface area contributed by atoms with Crippen LogP contribution in [0.3, 0.4) is 0 Å². The van der Waals surface area contributed by atoms with Crippen LogP contribution in [0.4, 0.5) is 0 Å². The molecule has 0 unspecified atom stereocenters. The average Bonchev–Trinajstić information content (AvgIpc) is 3.37. The Bertz CT molecular complexity index is 2160. The Labute approximate surface area is 457 Å². The van der Waals surface area contributed by atoms with Crippen LogP contribution in [0.15, 0.2) is 36.4 Å². The van der Waals surface area contributed by atoms with Crippen LogP contribution in [-0.4, -0.2) is 245 Å². The molecule has 0 aromatic heterocycles. The molecule has 0 atom stereocenters. The molecule has 2 aromatic rings. The van der Waals surface area contributed by atoms with E-state index in [0.717, 1.165) is 103 Å². The molecule has 4 saturated heterocycles. The molecule has 0 spiro atoms. The topological polar surface area (TPSA) is 273 Å². The Kier molecular flexibility index (Phi) is 33.6. The molecule has 4 aliphatic rings. The number of nitrogens with zero attached hydrogens (tertiary/aromatic N) is 5. The van der Waals surface area contributed by atoms with Crippen LogP contribution in [0.5, 0.6) is 23.0 Å². The summed E-state index contributed by atoms with van der Waals surface area (Å²) in [4.78, 5) is 8.75. The van der Waals surface area contributed by atoms with E-state index >= 15 is 0 Å². The maximum absolute atomic E-state index is 13.6. The molecule has 0 saturated carbocycles. The van der Waals surface area contributed by atoms with Crippen LogP contribution < -0.4 is 24.1 Å². The fourth-order valence-corrected chi connectivity index (χ4v) is 11.2. The number of methoxy groups -OCH3 is 4. The molecule has 3 N–H and O–H groups in total. The molecule has 0 radical (unpaired) electrons. The summed E-state index contributed by atoms with van der Waals surface area (Å²) in [5.41, 5.74) is 1.50. The Hall–Kier alpha value is -2.42. The van der Waals surface area contributed by atoms with Crippen molar-refractivity contribution in [2.24, 2.45) is 5.14 Å². The van der Waals surface area contributed by atoms with Gasteiger partial charge in [0.2, 0.25) is 29.1 Å². The first-order chi connectivity index (χ1) is 35.1. The van der Waals surface area contributed by atoms with Crippen molar-refractivity contribution in [3.8, 4) is 23.0 Å². The zero-order valence-corrected chi connectivity index (χ0v) is 48.7. The highest BCUT2D eigenvalue weighted by molar-refractivity contribution is 8.13. The molecule has 6 rings (SSSR count). The van der Waals surface area contributed by atoms with E-state index in [9.17, 15) is 33.7 Å². The van der Waals surface area contributed by atoms with Crippen LogP contribution in [0.2, 0.25) is 0 Å². The van der Waals surface area contributed by atoms with Crippen LogP contribution in [-0.2, 0) is 71.3 Å². The highest BCUT2D eigenvalue weighted by Crippen LogP contribution is 2.30. The summed E-state index contributed by atoms with van der Waals surface area (Å²) < 4.78 is 143. The average molecular weight is 1190 g/mol. The van der Waals surface area contributed by atoms with Gasteiger partial charge in [-0.3, -0.25) is 24.2 Å². The predicted molar refractivity (Wildman–Crippen MR) is 291 cm³/mol. The molecule has 436 valence electrons. The maximum atomic E-state index is 13.6. The number of ether oxygens (including phenoxy) is 8. The van der Waals surface area contributed by atoms with Crippen molar-refractivity contribution in [3.63, 3.8) is 0 Å². The van der Waals surface area contributed by atoms with Gasteiger partial charge in [-0.2, -0.15) is 12.7 Å². The highest BCUT2D eigenvalue weighted by atomic mass is 35.7. The van der Waals surface area contributed by atoms with Crippen molar-refractivity contribution in [2.75, 3.05) is 183 Å². The van der Waals surface area contributed by atoms with Gasteiger partial charge in [0.1, 0.15) is 23.0 Å². The molecule has 4 aliphatic heterocycles. The zero-order valence-electron chi connectivity index (χ0n) is 43.9. The minimum absolute atomic E-state index is 0. The predicted octanol–water partition coefficient (Wildman–Crippen LogP) is 2.07. The van der Waals surface area contributed by atoms with Gasteiger partial charge < -0.3 is 37.9 Å². The molecule has 0 bridgehead atoms. The van der Waals surface area contributed by atoms with Crippen LogP contribution >= 0.6 is 23.1 Å². The molecular weight excluding hydrogens is 1110 g/mol. The first-order valence-corrected chi connectivity index (χ1v) is 32.0. The Morgan fingerprint density at radius 2 is 0.840 bits per heavy atom. The lowest BCUT2D eigenvalue weighted by Crippen LogP contribution is -2.38. The number of nitrogens with two attached hydrogens (primary N) is 1. The fourth-order valence-electron chi connectivity index (χ4n) is 7.92. The smallest absolute Gasteiger partial charge is 0.264 e. The fraction of sp³-hybridized carbons (Fsp3) is 0.739. The van der Waals surface area contributed by atoms with E-state index in [-0.39, 0.29) is 48.5 Å². The van der Waals surface area contributed by atoms with Gasteiger partial charge in [-0.15, -0.1) is 12.4 Å². The van der Waals surface area contributed by atoms with Gasteiger partial charge in [0.05, 0.1) is 104 Å². The summed E-state index contributed by atoms with van der Waals surface area (Å²) in [6, 6.07) is 10.8. The summed E-state index contributed by atoms with van der Waals surface area (Å²) in [5, 5.41) is 4.88. The molecule has 29 heteroatoms. The third-order valence-electron chi connectivity index (χ3n) is 12.0. The van der Waals surface area contributed by atoms with E-state index in [1.165, 1.54) is 4.31 Å². The Morgan fingerprint density at radius 3 is 1.13 bits per heavy atom. The second-order valence-electron chi connectivity index (χ2n) is 17.6. The Balaban J connectivity index is 0.000000394. The van der Waals surface area contributed by atoms with E-state index < -0.39 is 39.2 Å². The first-order valence-electron chi connectivity index (χ1n) is 24.6. The number of primary sulfonamides is 1. The third-order valence-corrected chi connectivity index (χ3v) is 16.8. The highest BCUT2D eigenvalue weighted by Gasteiger charge is 2.26.